The lowest BCUT2D eigenvalue weighted by Gasteiger charge is -2.11. The van der Waals surface area contributed by atoms with Gasteiger partial charge in [-0.25, -0.2) is 0 Å². The van der Waals surface area contributed by atoms with Crippen molar-refractivity contribution in [3.05, 3.63) is 28.8 Å². The second kappa shape index (κ2) is 7.64. The molecule has 6 nitrogen and oxygen atoms in total. The lowest BCUT2D eigenvalue weighted by Crippen LogP contribution is -2.26. The number of carbonyl (C=O) groups is 3. The Bertz CT molecular complexity index is 558. The van der Waals surface area contributed by atoms with Gasteiger partial charge >= 0.3 is 5.97 Å². The average Bonchev–Trinajstić information content (AvgIpc) is 2.40. The molecule has 0 bridgehead atoms. The summed E-state index contributed by atoms with van der Waals surface area (Å²) in [4.78, 5) is 33.9. The fraction of sp³-hybridized carbons (Fsp3) is 0.357. The van der Waals surface area contributed by atoms with Crippen LogP contribution in [-0.4, -0.2) is 29.4 Å². The van der Waals surface area contributed by atoms with Crippen LogP contribution in [0.1, 0.15) is 30.6 Å². The molecule has 1 aromatic rings. The van der Waals surface area contributed by atoms with Crippen LogP contribution in [0.15, 0.2) is 18.2 Å². The van der Waals surface area contributed by atoms with E-state index in [4.69, 9.17) is 16.7 Å². The van der Waals surface area contributed by atoms with Crippen LogP contribution < -0.4 is 10.6 Å². The molecule has 0 radical (unpaired) electrons. The van der Waals surface area contributed by atoms with E-state index < -0.39 is 11.9 Å². The van der Waals surface area contributed by atoms with Crippen LogP contribution in [-0.2, 0) is 9.59 Å². The van der Waals surface area contributed by atoms with Crippen molar-refractivity contribution in [2.24, 2.45) is 5.92 Å². The second-order valence-corrected chi connectivity index (χ2v) is 5.15. The first-order valence-corrected chi connectivity index (χ1v) is 6.79. The number of aliphatic carboxylic acids is 1. The van der Waals surface area contributed by atoms with Gasteiger partial charge in [0.25, 0.3) is 5.91 Å². The van der Waals surface area contributed by atoms with Crippen LogP contribution in [0.5, 0.6) is 0 Å². The molecule has 2 amide bonds. The van der Waals surface area contributed by atoms with Crippen LogP contribution in [0.25, 0.3) is 0 Å². The number of anilines is 1. The van der Waals surface area contributed by atoms with E-state index in [1.807, 2.05) is 0 Å². The molecule has 1 aromatic carbocycles. The minimum absolute atomic E-state index is 0.00702. The van der Waals surface area contributed by atoms with E-state index in [1.54, 1.807) is 19.9 Å². The first-order valence-electron chi connectivity index (χ1n) is 6.41. The average molecular weight is 313 g/mol. The molecule has 1 rings (SSSR count). The highest BCUT2D eigenvalue weighted by Crippen LogP contribution is 2.21. The summed E-state index contributed by atoms with van der Waals surface area (Å²) in [6.45, 7) is 3.52. The summed E-state index contributed by atoms with van der Waals surface area (Å²) >= 11 is 5.94. The number of rotatable bonds is 6. The van der Waals surface area contributed by atoms with E-state index in [1.165, 1.54) is 12.1 Å². The summed E-state index contributed by atoms with van der Waals surface area (Å²) < 4.78 is 0. The summed E-state index contributed by atoms with van der Waals surface area (Å²) in [6.07, 6.45) is -0.173. The van der Waals surface area contributed by atoms with Crippen LogP contribution in [0.3, 0.4) is 0 Å². The van der Waals surface area contributed by atoms with Crippen molar-refractivity contribution in [3.63, 3.8) is 0 Å². The predicted octanol–water partition coefficient (Wildman–Crippen LogP) is 2.14. The van der Waals surface area contributed by atoms with Gasteiger partial charge in [-0.05, 0) is 18.2 Å². The van der Waals surface area contributed by atoms with Crippen molar-refractivity contribution in [2.75, 3.05) is 11.9 Å². The quantitative estimate of drug-likeness (QED) is 0.750. The fourth-order valence-corrected chi connectivity index (χ4v) is 1.65. The third kappa shape index (κ3) is 5.43. The number of halogens is 1. The number of benzene rings is 1. The van der Waals surface area contributed by atoms with E-state index >= 15 is 0 Å². The SMILES string of the molecule is CC(C)C(=O)Nc1ccc(Cl)c(C(=O)NCCC(=O)O)c1. The molecule has 0 heterocycles. The van der Waals surface area contributed by atoms with Gasteiger partial charge in [0, 0.05) is 18.2 Å². The first kappa shape index (κ1) is 17.0. The zero-order valence-electron chi connectivity index (χ0n) is 11.8. The molecule has 0 aromatic heterocycles. The molecule has 0 unspecified atom stereocenters. The molecule has 0 aliphatic heterocycles. The van der Waals surface area contributed by atoms with Crippen molar-refractivity contribution in [1.82, 2.24) is 5.32 Å². The summed E-state index contributed by atoms with van der Waals surface area (Å²) in [7, 11) is 0. The van der Waals surface area contributed by atoms with Crippen molar-refractivity contribution in [1.29, 1.82) is 0 Å². The Morgan fingerprint density at radius 2 is 1.95 bits per heavy atom. The number of carboxylic acids is 1. The zero-order chi connectivity index (χ0) is 16.0. The Morgan fingerprint density at radius 3 is 2.52 bits per heavy atom. The molecule has 0 spiro atoms. The number of hydrogen-bond acceptors (Lipinski definition) is 3. The van der Waals surface area contributed by atoms with Gasteiger partial charge in [0.15, 0.2) is 0 Å². The van der Waals surface area contributed by atoms with Crippen LogP contribution >= 0.6 is 11.6 Å². The van der Waals surface area contributed by atoms with Crippen molar-refractivity contribution in [2.45, 2.75) is 20.3 Å². The van der Waals surface area contributed by atoms with Crippen molar-refractivity contribution >= 4 is 35.1 Å². The predicted molar refractivity (Wildman–Crippen MR) is 79.5 cm³/mol. The number of carbonyl (C=O) groups excluding carboxylic acids is 2. The van der Waals surface area contributed by atoms with E-state index in [0.29, 0.717) is 5.69 Å². The summed E-state index contributed by atoms with van der Waals surface area (Å²) in [6, 6.07) is 4.55. The highest BCUT2D eigenvalue weighted by Gasteiger charge is 2.13. The minimum Gasteiger partial charge on any atom is -0.481 e. The number of nitrogens with one attached hydrogen (secondary N) is 2. The third-order valence-electron chi connectivity index (χ3n) is 2.63. The monoisotopic (exact) mass is 312 g/mol. The van der Waals surface area contributed by atoms with Gasteiger partial charge in [-0.3, -0.25) is 14.4 Å². The number of amides is 2. The normalized spacial score (nSPS) is 10.3. The molecule has 0 aliphatic rings. The first-order chi connectivity index (χ1) is 9.81. The van der Waals surface area contributed by atoms with Gasteiger partial charge in [0.05, 0.1) is 17.0 Å². The van der Waals surface area contributed by atoms with Crippen molar-refractivity contribution in [3.8, 4) is 0 Å². The van der Waals surface area contributed by atoms with Gasteiger partial charge in [-0.15, -0.1) is 0 Å². The molecular formula is C14H17ClN2O4. The molecule has 114 valence electrons. The van der Waals surface area contributed by atoms with E-state index in [9.17, 15) is 14.4 Å². The molecule has 3 N–H and O–H groups in total. The summed E-state index contributed by atoms with van der Waals surface area (Å²) in [5.74, 6) is -1.84. The highest BCUT2D eigenvalue weighted by molar-refractivity contribution is 6.34. The maximum absolute atomic E-state index is 11.9. The lowest BCUT2D eigenvalue weighted by molar-refractivity contribution is -0.136. The number of hydrogen-bond donors (Lipinski definition) is 3. The second-order valence-electron chi connectivity index (χ2n) is 4.74. The summed E-state index contributed by atoms with van der Waals surface area (Å²) in [5, 5.41) is 13.9. The van der Waals surface area contributed by atoms with E-state index in [2.05, 4.69) is 10.6 Å². The highest BCUT2D eigenvalue weighted by atomic mass is 35.5. The van der Waals surface area contributed by atoms with Crippen LogP contribution in [0.4, 0.5) is 5.69 Å². The Hall–Kier alpha value is -2.08. The molecule has 0 fully saturated rings. The van der Waals surface area contributed by atoms with Gasteiger partial charge in [-0.2, -0.15) is 0 Å². The van der Waals surface area contributed by atoms with Gasteiger partial charge < -0.3 is 15.7 Å². The molecule has 21 heavy (non-hydrogen) atoms. The maximum atomic E-state index is 11.9. The minimum atomic E-state index is -1.00. The molecule has 0 saturated heterocycles. The largest absolute Gasteiger partial charge is 0.481 e. The summed E-state index contributed by atoms with van der Waals surface area (Å²) in [5.41, 5.74) is 0.644. The lowest BCUT2D eigenvalue weighted by atomic mass is 10.1. The third-order valence-corrected chi connectivity index (χ3v) is 2.96. The van der Waals surface area contributed by atoms with E-state index in [-0.39, 0.29) is 35.4 Å². The fourth-order valence-electron chi connectivity index (χ4n) is 1.44. The smallest absolute Gasteiger partial charge is 0.305 e. The van der Waals surface area contributed by atoms with Gasteiger partial charge in [0.1, 0.15) is 0 Å². The molecule has 7 heteroatoms. The Labute approximate surface area is 127 Å². The zero-order valence-corrected chi connectivity index (χ0v) is 12.5. The van der Waals surface area contributed by atoms with Gasteiger partial charge in [-0.1, -0.05) is 25.4 Å². The Kier molecular flexibility index (Phi) is 6.17. The Morgan fingerprint density at radius 1 is 1.29 bits per heavy atom. The van der Waals surface area contributed by atoms with Crippen LogP contribution in [0, 0.1) is 5.92 Å². The molecule has 0 aliphatic carbocycles. The maximum Gasteiger partial charge on any atom is 0.305 e. The van der Waals surface area contributed by atoms with Crippen LogP contribution in [0.2, 0.25) is 5.02 Å². The standard InChI is InChI=1S/C14H17ClN2O4/c1-8(2)13(20)17-9-3-4-11(15)10(7-9)14(21)16-6-5-12(18)19/h3-4,7-8H,5-6H2,1-2H3,(H,16,21)(H,17,20)(H,18,19). The van der Waals surface area contributed by atoms with Gasteiger partial charge in [0.2, 0.25) is 5.91 Å². The molecule has 0 saturated carbocycles. The van der Waals surface area contributed by atoms with E-state index in [0.717, 1.165) is 0 Å². The number of carboxylic acid groups (broad SMARTS) is 1. The van der Waals surface area contributed by atoms with Crippen molar-refractivity contribution < 1.29 is 19.5 Å². The topological polar surface area (TPSA) is 95.5 Å². The molecular weight excluding hydrogens is 296 g/mol. The Balaban J connectivity index is 2.79. The molecule has 0 atom stereocenters.